The molecule has 0 aromatic carbocycles. The highest BCUT2D eigenvalue weighted by atomic mass is 19.3. The fourth-order valence-electron chi connectivity index (χ4n) is 1.06. The van der Waals surface area contributed by atoms with Gasteiger partial charge >= 0.3 is 0 Å². The Morgan fingerprint density at radius 2 is 2.23 bits per heavy atom. The molecule has 0 aliphatic heterocycles. The van der Waals surface area contributed by atoms with Crippen molar-refractivity contribution in [2.75, 3.05) is 0 Å². The molecule has 0 radical (unpaired) electrons. The average Bonchev–Trinajstić information content (AvgIpc) is 2.03. The Bertz CT molecular complexity index is 360. The van der Waals surface area contributed by atoms with Crippen LogP contribution in [0.3, 0.4) is 0 Å². The van der Waals surface area contributed by atoms with Gasteiger partial charge in [-0.2, -0.15) is 0 Å². The molecule has 0 amide bonds. The minimum Gasteiger partial charge on any atom is -0.391 e. The molecule has 5 heteroatoms. The summed E-state index contributed by atoms with van der Waals surface area (Å²) in [5.41, 5.74) is -0.566. The van der Waals surface area contributed by atoms with Gasteiger partial charge in [-0.25, -0.2) is 8.78 Å². The molecule has 0 aliphatic rings. The number of halogens is 2. The Morgan fingerprint density at radius 1 is 1.62 bits per heavy atom. The number of nitrogens with one attached hydrogen (secondary N) is 1. The van der Waals surface area contributed by atoms with Crippen LogP contribution in [0.5, 0.6) is 0 Å². The number of hydrogen-bond donors (Lipinski definition) is 2. The van der Waals surface area contributed by atoms with Gasteiger partial charge in [0.25, 0.3) is 6.43 Å². The number of aryl methyl sites for hydroxylation is 1. The van der Waals surface area contributed by atoms with E-state index in [4.69, 9.17) is 5.11 Å². The van der Waals surface area contributed by atoms with Crippen LogP contribution >= 0.6 is 0 Å². The minimum absolute atomic E-state index is 0.129. The first kappa shape index (κ1) is 9.85. The van der Waals surface area contributed by atoms with Gasteiger partial charge in [0.15, 0.2) is 5.43 Å². The van der Waals surface area contributed by atoms with Crippen molar-refractivity contribution in [1.82, 2.24) is 4.98 Å². The highest BCUT2D eigenvalue weighted by Crippen LogP contribution is 2.15. The number of aliphatic hydroxyl groups excluding tert-OH is 1. The van der Waals surface area contributed by atoms with Crippen molar-refractivity contribution in [3.63, 3.8) is 0 Å². The molecule has 0 saturated heterocycles. The van der Waals surface area contributed by atoms with Crippen molar-refractivity contribution >= 4 is 0 Å². The molecule has 2 N–H and O–H groups in total. The molecule has 1 heterocycles. The second-order valence-corrected chi connectivity index (χ2v) is 2.65. The zero-order valence-corrected chi connectivity index (χ0v) is 6.97. The number of rotatable bonds is 2. The first-order valence-corrected chi connectivity index (χ1v) is 3.68. The van der Waals surface area contributed by atoms with Gasteiger partial charge in [-0.3, -0.25) is 4.79 Å². The Labute approximate surface area is 73.0 Å². The molecule has 72 valence electrons. The van der Waals surface area contributed by atoms with Crippen LogP contribution in [0.15, 0.2) is 10.9 Å². The van der Waals surface area contributed by atoms with E-state index in [9.17, 15) is 13.6 Å². The summed E-state index contributed by atoms with van der Waals surface area (Å²) >= 11 is 0. The van der Waals surface area contributed by atoms with Crippen LogP contribution in [0, 0.1) is 6.92 Å². The number of hydrogen-bond acceptors (Lipinski definition) is 2. The maximum absolute atomic E-state index is 12.1. The summed E-state index contributed by atoms with van der Waals surface area (Å²) in [6.07, 6.45) is -2.70. The topological polar surface area (TPSA) is 53.1 Å². The quantitative estimate of drug-likeness (QED) is 0.732. The fourth-order valence-corrected chi connectivity index (χ4v) is 1.06. The number of aliphatic hydroxyl groups is 1. The first-order valence-electron chi connectivity index (χ1n) is 3.68. The van der Waals surface area contributed by atoms with Gasteiger partial charge in [0.05, 0.1) is 12.3 Å². The van der Waals surface area contributed by atoms with Gasteiger partial charge in [-0.15, -0.1) is 0 Å². The maximum atomic E-state index is 12.1. The van der Waals surface area contributed by atoms with E-state index in [-0.39, 0.29) is 11.3 Å². The van der Waals surface area contributed by atoms with Crippen molar-refractivity contribution in [3.8, 4) is 0 Å². The fraction of sp³-hybridized carbons (Fsp3) is 0.375. The lowest BCUT2D eigenvalue weighted by Gasteiger charge is -2.05. The van der Waals surface area contributed by atoms with Gasteiger partial charge in [-0.05, 0) is 6.92 Å². The van der Waals surface area contributed by atoms with E-state index in [1.165, 1.54) is 6.92 Å². The zero-order valence-electron chi connectivity index (χ0n) is 6.97. The Kier molecular flexibility index (Phi) is 2.77. The normalized spacial score (nSPS) is 10.8. The molecule has 1 aromatic rings. The highest BCUT2D eigenvalue weighted by molar-refractivity contribution is 5.22. The standard InChI is InChI=1S/C8H9F2NO2/c1-4-5(3-12)7(13)2-6(11-4)8(9)10/h2,8,12H,3H2,1H3,(H,11,13). The average molecular weight is 189 g/mol. The van der Waals surface area contributed by atoms with E-state index in [1.807, 2.05) is 0 Å². The Balaban J connectivity index is 3.29. The van der Waals surface area contributed by atoms with Crippen LogP contribution in [0.4, 0.5) is 8.78 Å². The predicted molar refractivity (Wildman–Crippen MR) is 42.7 cm³/mol. The van der Waals surface area contributed by atoms with Crippen molar-refractivity contribution in [3.05, 3.63) is 33.2 Å². The largest absolute Gasteiger partial charge is 0.391 e. The summed E-state index contributed by atoms with van der Waals surface area (Å²) < 4.78 is 24.3. The summed E-state index contributed by atoms with van der Waals surface area (Å²) in [5, 5.41) is 8.72. The monoisotopic (exact) mass is 189 g/mol. The second kappa shape index (κ2) is 3.66. The number of aromatic amines is 1. The number of alkyl halides is 2. The molecule has 0 saturated carbocycles. The molecular formula is C8H9F2NO2. The smallest absolute Gasteiger partial charge is 0.278 e. The third-order valence-electron chi connectivity index (χ3n) is 1.76. The van der Waals surface area contributed by atoms with Crippen LogP contribution in [0.1, 0.15) is 23.4 Å². The van der Waals surface area contributed by atoms with Crippen molar-refractivity contribution < 1.29 is 13.9 Å². The van der Waals surface area contributed by atoms with Gasteiger partial charge in [0.1, 0.15) is 0 Å². The molecule has 0 fully saturated rings. The molecule has 13 heavy (non-hydrogen) atoms. The van der Waals surface area contributed by atoms with Gasteiger partial charge in [-0.1, -0.05) is 0 Å². The van der Waals surface area contributed by atoms with Gasteiger partial charge in [0.2, 0.25) is 0 Å². The van der Waals surface area contributed by atoms with Crippen molar-refractivity contribution in [2.45, 2.75) is 20.0 Å². The van der Waals surface area contributed by atoms with Crippen LogP contribution in [0.25, 0.3) is 0 Å². The third kappa shape index (κ3) is 1.92. The highest BCUT2D eigenvalue weighted by Gasteiger charge is 2.11. The van der Waals surface area contributed by atoms with Gasteiger partial charge < -0.3 is 10.1 Å². The van der Waals surface area contributed by atoms with E-state index in [0.29, 0.717) is 0 Å². The lowest BCUT2D eigenvalue weighted by Crippen LogP contribution is -2.13. The van der Waals surface area contributed by atoms with Crippen LogP contribution < -0.4 is 5.43 Å². The maximum Gasteiger partial charge on any atom is 0.278 e. The van der Waals surface area contributed by atoms with Crippen molar-refractivity contribution in [2.24, 2.45) is 0 Å². The second-order valence-electron chi connectivity index (χ2n) is 2.65. The number of pyridine rings is 1. The molecule has 0 unspecified atom stereocenters. The van der Waals surface area contributed by atoms with Crippen LogP contribution in [0.2, 0.25) is 0 Å². The van der Waals surface area contributed by atoms with E-state index < -0.39 is 24.2 Å². The third-order valence-corrected chi connectivity index (χ3v) is 1.76. The van der Waals surface area contributed by atoms with E-state index >= 15 is 0 Å². The molecule has 1 rings (SSSR count). The first-order chi connectivity index (χ1) is 6.06. The molecule has 0 bridgehead atoms. The molecule has 3 nitrogen and oxygen atoms in total. The lowest BCUT2D eigenvalue weighted by atomic mass is 10.2. The Hall–Kier alpha value is -1.23. The summed E-state index contributed by atoms with van der Waals surface area (Å²) in [6, 6.07) is 0.809. The van der Waals surface area contributed by atoms with E-state index in [1.54, 1.807) is 0 Å². The van der Waals surface area contributed by atoms with Crippen LogP contribution in [-0.4, -0.2) is 10.1 Å². The zero-order chi connectivity index (χ0) is 10.0. The molecule has 1 aromatic heterocycles. The summed E-state index contributed by atoms with van der Waals surface area (Å²) in [4.78, 5) is 13.4. The molecule has 0 atom stereocenters. The van der Waals surface area contributed by atoms with Crippen LogP contribution in [-0.2, 0) is 6.61 Å². The number of aromatic nitrogens is 1. The van der Waals surface area contributed by atoms with E-state index in [2.05, 4.69) is 4.98 Å². The van der Waals surface area contributed by atoms with Gasteiger partial charge in [0, 0.05) is 17.3 Å². The minimum atomic E-state index is -2.70. The molecule has 0 aliphatic carbocycles. The molecule has 0 spiro atoms. The SMILES string of the molecule is Cc1[nH]c(C(F)F)cc(=O)c1CO. The summed E-state index contributed by atoms with van der Waals surface area (Å²) in [6.45, 7) is 1.03. The number of H-pyrrole nitrogens is 1. The lowest BCUT2D eigenvalue weighted by molar-refractivity contribution is 0.145. The van der Waals surface area contributed by atoms with E-state index in [0.717, 1.165) is 6.07 Å². The Morgan fingerprint density at radius 3 is 2.62 bits per heavy atom. The summed E-state index contributed by atoms with van der Waals surface area (Å²) in [7, 11) is 0. The van der Waals surface area contributed by atoms with Crippen molar-refractivity contribution in [1.29, 1.82) is 0 Å². The molecular weight excluding hydrogens is 180 g/mol. The summed E-state index contributed by atoms with van der Waals surface area (Å²) in [5.74, 6) is 0. The predicted octanol–water partition coefficient (Wildman–Crippen LogP) is 1.11.